The van der Waals surface area contributed by atoms with Gasteiger partial charge in [0.1, 0.15) is 71.7 Å². The normalized spacial score (nSPS) is 14.2. The highest BCUT2D eigenvalue weighted by Crippen LogP contribution is 2.26. The number of carbonyl (C=O) groups excluding carboxylic acids is 4. The molecule has 0 saturated carbocycles. The van der Waals surface area contributed by atoms with Crippen molar-refractivity contribution in [2.75, 3.05) is 26.4 Å². The summed E-state index contributed by atoms with van der Waals surface area (Å²) in [6, 6.07) is 41.6. The minimum atomic E-state index is -0.649. The van der Waals surface area contributed by atoms with Gasteiger partial charge >= 0.3 is 23.9 Å². The van der Waals surface area contributed by atoms with E-state index in [1.165, 1.54) is 0 Å². The number of cyclic esters (lactones) is 4. The average Bonchev–Trinajstić information content (AvgIpc) is 3.33. The Labute approximate surface area is 369 Å². The first-order valence-electron chi connectivity index (χ1n) is 20.1. The highest BCUT2D eigenvalue weighted by molar-refractivity contribution is 5.94. The van der Waals surface area contributed by atoms with Gasteiger partial charge in [-0.25, -0.2) is 19.2 Å². The van der Waals surface area contributed by atoms with E-state index in [1.54, 1.807) is 97.1 Å². The van der Waals surface area contributed by atoms with E-state index < -0.39 is 23.9 Å². The molecular weight excluding hydrogens is 817 g/mol. The van der Waals surface area contributed by atoms with Crippen molar-refractivity contribution in [1.29, 1.82) is 0 Å². The van der Waals surface area contributed by atoms with Gasteiger partial charge in [-0.3, -0.25) is 0 Å². The first-order valence-corrected chi connectivity index (χ1v) is 20.1. The second kappa shape index (κ2) is 22.4. The van der Waals surface area contributed by atoms with E-state index in [9.17, 15) is 19.2 Å². The van der Waals surface area contributed by atoms with Crippen molar-refractivity contribution < 1.29 is 57.1 Å². The Balaban J connectivity index is 1.08. The van der Waals surface area contributed by atoms with Gasteiger partial charge in [0.05, 0.1) is 0 Å². The van der Waals surface area contributed by atoms with Crippen LogP contribution >= 0.6 is 0 Å². The van der Waals surface area contributed by atoms with Crippen molar-refractivity contribution in [3.05, 3.63) is 190 Å². The summed E-state index contributed by atoms with van der Waals surface area (Å²) in [7, 11) is 0. The third kappa shape index (κ3) is 11.9. The summed E-state index contributed by atoms with van der Waals surface area (Å²) in [5.41, 5.74) is 3.90. The van der Waals surface area contributed by atoms with E-state index in [2.05, 4.69) is 23.7 Å². The number of hydrogen-bond donors (Lipinski definition) is 0. The van der Waals surface area contributed by atoms with E-state index in [0.29, 0.717) is 23.0 Å². The van der Waals surface area contributed by atoms with Gasteiger partial charge in [0.25, 0.3) is 0 Å². The third-order valence-electron chi connectivity index (χ3n) is 9.55. The fraction of sp³-hybridized carbons (Fsp3) is 0.154. The monoisotopic (exact) mass is 856 g/mol. The first kappa shape index (κ1) is 43.6. The van der Waals surface area contributed by atoms with Crippen LogP contribution < -0.4 is 18.9 Å². The molecule has 12 nitrogen and oxygen atoms in total. The van der Waals surface area contributed by atoms with Crippen molar-refractivity contribution in [3.63, 3.8) is 0 Å². The second-order valence-electron chi connectivity index (χ2n) is 13.7. The summed E-state index contributed by atoms with van der Waals surface area (Å²) in [5, 5.41) is 0. The van der Waals surface area contributed by atoms with Gasteiger partial charge < -0.3 is 37.9 Å². The lowest BCUT2D eigenvalue weighted by Gasteiger charge is -2.15. The maximum Gasteiger partial charge on any atom is 0.342 e. The Bertz CT molecular complexity index is 2380. The molecular formula is C52H40O12. The number of rotatable bonds is 0. The Morgan fingerprint density at radius 1 is 0.266 bits per heavy atom. The molecule has 64 heavy (non-hydrogen) atoms. The number of carbonyl (C=O) groups is 4. The Morgan fingerprint density at radius 3 is 0.703 bits per heavy atom. The predicted octanol–water partition coefficient (Wildman–Crippen LogP) is 8.35. The first-order chi connectivity index (χ1) is 31.4. The van der Waals surface area contributed by atoms with Crippen LogP contribution in [0.5, 0.6) is 23.0 Å². The predicted molar refractivity (Wildman–Crippen MR) is 233 cm³/mol. The van der Waals surface area contributed by atoms with Crippen molar-refractivity contribution in [2.45, 2.75) is 26.4 Å². The zero-order chi connectivity index (χ0) is 44.4. The van der Waals surface area contributed by atoms with Gasteiger partial charge in [-0.2, -0.15) is 0 Å². The number of hydrogen-bond acceptors (Lipinski definition) is 12. The van der Waals surface area contributed by atoms with Gasteiger partial charge in [0, 0.05) is 0 Å². The molecule has 1 aliphatic heterocycles. The summed E-state index contributed by atoms with van der Waals surface area (Å²) < 4.78 is 46.0. The molecule has 0 fully saturated rings. The van der Waals surface area contributed by atoms with Gasteiger partial charge in [0.15, 0.2) is 26.4 Å². The molecule has 0 atom stereocenters. The fourth-order valence-electron chi connectivity index (χ4n) is 6.27. The van der Waals surface area contributed by atoms with Crippen LogP contribution in [-0.4, -0.2) is 50.3 Å². The average molecular weight is 857 g/mol. The van der Waals surface area contributed by atoms with E-state index in [-0.39, 0.29) is 75.1 Å². The molecule has 6 aromatic carbocycles. The molecule has 0 N–H and O–H groups in total. The van der Waals surface area contributed by atoms with Gasteiger partial charge in [-0.15, -0.1) is 0 Å². The van der Waals surface area contributed by atoms with Crippen molar-refractivity contribution in [3.8, 4) is 46.7 Å². The van der Waals surface area contributed by atoms with Crippen LogP contribution in [0.1, 0.15) is 63.7 Å². The molecule has 0 amide bonds. The fourth-order valence-corrected chi connectivity index (χ4v) is 6.27. The highest BCUT2D eigenvalue weighted by Gasteiger charge is 2.19. The molecule has 12 heteroatoms. The topological polar surface area (TPSA) is 142 Å². The van der Waals surface area contributed by atoms with Gasteiger partial charge in [-0.05, 0) is 70.8 Å². The lowest BCUT2D eigenvalue weighted by molar-refractivity contribution is 0.0533. The summed E-state index contributed by atoms with van der Waals surface area (Å²) in [6.07, 6.45) is 0. The molecule has 1 aliphatic rings. The molecule has 320 valence electrons. The minimum Gasteiger partial charge on any atom is -0.488 e. The SMILES string of the molecule is O=C1OCC#CCOC(=O)c2ccccc2OCc2ccccc2COc2ccccc2C(=O)OCC#CCOC(=O)c2ccccc2OCc2ccccc2COc2ccccc21. The molecule has 6 aromatic rings. The number of esters is 4. The molecule has 7 rings (SSSR count). The molecule has 0 aromatic heterocycles. The highest BCUT2D eigenvalue weighted by atomic mass is 16.6. The largest absolute Gasteiger partial charge is 0.488 e. The van der Waals surface area contributed by atoms with Crippen LogP contribution in [0.2, 0.25) is 0 Å². The zero-order valence-electron chi connectivity index (χ0n) is 34.4. The minimum absolute atomic E-state index is 0.0917. The van der Waals surface area contributed by atoms with Gasteiger partial charge in [0.2, 0.25) is 0 Å². The quantitative estimate of drug-likeness (QED) is 0.0824. The molecule has 0 aliphatic carbocycles. The molecule has 0 radical (unpaired) electrons. The van der Waals surface area contributed by atoms with Crippen molar-refractivity contribution in [2.24, 2.45) is 0 Å². The van der Waals surface area contributed by atoms with Gasteiger partial charge in [-0.1, -0.05) is 121 Å². The molecule has 0 saturated heterocycles. The van der Waals surface area contributed by atoms with Crippen LogP contribution in [0.25, 0.3) is 0 Å². The molecule has 0 spiro atoms. The van der Waals surface area contributed by atoms with Crippen LogP contribution in [0.4, 0.5) is 0 Å². The third-order valence-corrected chi connectivity index (χ3v) is 9.55. The van der Waals surface area contributed by atoms with Crippen LogP contribution in [0.3, 0.4) is 0 Å². The molecule has 0 unspecified atom stereocenters. The Morgan fingerprint density at radius 2 is 0.469 bits per heavy atom. The van der Waals surface area contributed by atoms with E-state index in [0.717, 1.165) is 22.3 Å². The number of para-hydroxylation sites is 4. The number of ether oxygens (including phenoxy) is 8. The van der Waals surface area contributed by atoms with E-state index >= 15 is 0 Å². The Kier molecular flexibility index (Phi) is 15.3. The smallest absolute Gasteiger partial charge is 0.342 e. The van der Waals surface area contributed by atoms with Crippen LogP contribution in [0.15, 0.2) is 146 Å². The van der Waals surface area contributed by atoms with E-state index in [4.69, 9.17) is 37.9 Å². The van der Waals surface area contributed by atoms with Crippen LogP contribution in [0, 0.1) is 23.7 Å². The second-order valence-corrected chi connectivity index (χ2v) is 13.7. The lowest BCUT2D eigenvalue weighted by atomic mass is 10.1. The summed E-state index contributed by atoms with van der Waals surface area (Å²) in [6.45, 7) is -0.666. The van der Waals surface area contributed by atoms with Crippen molar-refractivity contribution in [1.82, 2.24) is 0 Å². The zero-order valence-corrected chi connectivity index (χ0v) is 34.4. The van der Waals surface area contributed by atoms with Crippen LogP contribution in [-0.2, 0) is 45.4 Å². The van der Waals surface area contributed by atoms with E-state index in [1.807, 2.05) is 48.5 Å². The molecule has 1 heterocycles. The maximum atomic E-state index is 13.1. The van der Waals surface area contributed by atoms with Crippen molar-refractivity contribution >= 4 is 23.9 Å². The standard InChI is InChI=1S/C52H40O12/c53-49-41-21-5-9-25-45(41)61-33-37-17-1-2-18-38(37)34-62-46-26-10-6-22-42(46)50(54)58-30-15-16-32-60-52(56)44-24-8-12-28-48(44)64-36-40-20-4-3-19-39(40)35-63-47-27-11-7-23-43(47)51(55)59-31-14-13-29-57-49/h1-12,17-28H,29-36H2. The summed E-state index contributed by atoms with van der Waals surface area (Å²) >= 11 is 0. The maximum absolute atomic E-state index is 13.1. The Hall–Kier alpha value is -8.48. The number of benzene rings is 6. The number of fused-ring (bicyclic) bond motifs is 6. The molecule has 0 bridgehead atoms. The lowest BCUT2D eigenvalue weighted by Crippen LogP contribution is -2.11. The summed E-state index contributed by atoms with van der Waals surface area (Å²) in [5.74, 6) is 9.41. The summed E-state index contributed by atoms with van der Waals surface area (Å²) in [4.78, 5) is 52.4.